The van der Waals surface area contributed by atoms with E-state index in [0.717, 1.165) is 42.8 Å². The number of benzene rings is 1. The predicted octanol–water partition coefficient (Wildman–Crippen LogP) is 4.67. The number of aromatic nitrogens is 2. The normalized spacial score (nSPS) is 14.6. The molecule has 0 atom stereocenters. The van der Waals surface area contributed by atoms with Gasteiger partial charge in [-0.3, -0.25) is 4.79 Å². The van der Waals surface area contributed by atoms with E-state index in [1.54, 1.807) is 29.8 Å². The van der Waals surface area contributed by atoms with Crippen molar-refractivity contribution in [2.45, 2.75) is 6.92 Å². The van der Waals surface area contributed by atoms with Crippen LogP contribution >= 0.6 is 11.3 Å². The predicted molar refractivity (Wildman–Crippen MR) is 132 cm³/mol. The van der Waals surface area contributed by atoms with Gasteiger partial charge in [-0.1, -0.05) is 12.1 Å². The molecule has 4 heterocycles. The van der Waals surface area contributed by atoms with Crippen LogP contribution in [0.15, 0.2) is 60.9 Å². The zero-order valence-corrected chi connectivity index (χ0v) is 19.0. The van der Waals surface area contributed by atoms with Gasteiger partial charge in [0, 0.05) is 59.3 Å². The van der Waals surface area contributed by atoms with Crippen molar-refractivity contribution in [1.29, 1.82) is 0 Å². The van der Waals surface area contributed by atoms with Gasteiger partial charge in [0.15, 0.2) is 0 Å². The van der Waals surface area contributed by atoms with E-state index < -0.39 is 0 Å². The summed E-state index contributed by atoms with van der Waals surface area (Å²) in [4.78, 5) is 28.9. The Kier molecular flexibility index (Phi) is 5.59. The molecular weight excluding hydrogens is 418 g/mol. The number of hydrogen-bond acceptors (Lipinski definition) is 6. The fraction of sp³-hybridized carbons (Fsp3) is 0.240. The molecule has 0 aliphatic carbocycles. The van der Waals surface area contributed by atoms with Gasteiger partial charge in [-0.2, -0.15) is 0 Å². The number of hydrogen-bond donors (Lipinski definition) is 1. The van der Waals surface area contributed by atoms with Crippen LogP contribution in [0, 0.1) is 6.92 Å². The molecule has 6 nitrogen and oxygen atoms in total. The first-order valence-electron chi connectivity index (χ1n) is 10.7. The Bertz CT molecular complexity index is 1280. The lowest BCUT2D eigenvalue weighted by molar-refractivity contribution is 0.102. The Hall–Kier alpha value is -3.29. The topological polar surface area (TPSA) is 61.4 Å². The maximum atomic E-state index is 12.9. The Labute approximate surface area is 191 Å². The van der Waals surface area contributed by atoms with Crippen LogP contribution in [0.1, 0.15) is 15.2 Å². The molecule has 0 spiro atoms. The molecule has 162 valence electrons. The maximum absolute atomic E-state index is 12.9. The van der Waals surface area contributed by atoms with Crippen LogP contribution in [-0.2, 0) is 0 Å². The standard InChI is InChI=1S/C25H25N5OS/c1-17-3-6-22(32-17)18-4-5-20-16-27-23(14-21(20)13-18)28-25(31)19-7-8-26-24(15-19)30-11-9-29(2)10-12-30/h3-8,13-16H,9-12H2,1-2H3,(H,27,28,31). The Morgan fingerprint density at radius 3 is 2.59 bits per heavy atom. The number of nitrogens with zero attached hydrogens (tertiary/aromatic N) is 4. The number of amides is 1. The third kappa shape index (κ3) is 4.35. The fourth-order valence-corrected chi connectivity index (χ4v) is 4.77. The third-order valence-corrected chi connectivity index (χ3v) is 6.87. The van der Waals surface area contributed by atoms with Crippen molar-refractivity contribution in [2.24, 2.45) is 0 Å². The molecule has 4 aromatic rings. The van der Waals surface area contributed by atoms with E-state index in [4.69, 9.17) is 0 Å². The SMILES string of the molecule is Cc1ccc(-c2ccc3cnc(NC(=O)c4ccnc(N5CCN(C)CC5)c4)cc3c2)s1. The van der Waals surface area contributed by atoms with Crippen molar-refractivity contribution in [3.8, 4) is 10.4 Å². The molecule has 1 aromatic carbocycles. The van der Waals surface area contributed by atoms with Crippen molar-refractivity contribution >= 4 is 39.7 Å². The molecule has 0 radical (unpaired) electrons. The first-order valence-corrected chi connectivity index (χ1v) is 11.5. The van der Waals surface area contributed by atoms with Crippen LogP contribution in [0.3, 0.4) is 0 Å². The van der Waals surface area contributed by atoms with E-state index in [-0.39, 0.29) is 5.91 Å². The smallest absolute Gasteiger partial charge is 0.257 e. The molecule has 3 aromatic heterocycles. The molecule has 5 rings (SSSR count). The number of aryl methyl sites for hydroxylation is 1. The highest BCUT2D eigenvalue weighted by molar-refractivity contribution is 7.15. The number of pyridine rings is 2. The second-order valence-corrected chi connectivity index (χ2v) is 9.48. The fourth-order valence-electron chi connectivity index (χ4n) is 3.91. The molecule has 0 saturated carbocycles. The maximum Gasteiger partial charge on any atom is 0.257 e. The van der Waals surface area contributed by atoms with Gasteiger partial charge < -0.3 is 15.1 Å². The third-order valence-electron chi connectivity index (χ3n) is 5.82. The molecule has 1 N–H and O–H groups in total. The number of rotatable bonds is 4. The molecule has 1 fully saturated rings. The quantitative estimate of drug-likeness (QED) is 0.497. The van der Waals surface area contributed by atoms with Gasteiger partial charge in [0.1, 0.15) is 11.6 Å². The number of carbonyl (C=O) groups excluding carboxylic acids is 1. The first kappa shape index (κ1) is 20.6. The van der Waals surface area contributed by atoms with E-state index in [9.17, 15) is 4.79 Å². The number of likely N-dealkylation sites (N-methyl/N-ethyl adjacent to an activating group) is 1. The summed E-state index contributed by atoms with van der Waals surface area (Å²) < 4.78 is 0. The number of piperazine rings is 1. The first-order chi connectivity index (χ1) is 15.5. The lowest BCUT2D eigenvalue weighted by Gasteiger charge is -2.33. The highest BCUT2D eigenvalue weighted by atomic mass is 32.1. The highest BCUT2D eigenvalue weighted by Crippen LogP contribution is 2.30. The molecule has 0 bridgehead atoms. The summed E-state index contributed by atoms with van der Waals surface area (Å²) in [6.07, 6.45) is 3.50. The van der Waals surface area contributed by atoms with Crippen LogP contribution < -0.4 is 10.2 Å². The van der Waals surface area contributed by atoms with E-state index in [1.807, 2.05) is 12.1 Å². The molecular formula is C25H25N5OS. The minimum absolute atomic E-state index is 0.181. The summed E-state index contributed by atoms with van der Waals surface area (Å²) in [5.74, 6) is 1.20. The summed E-state index contributed by atoms with van der Waals surface area (Å²) >= 11 is 1.78. The van der Waals surface area contributed by atoms with E-state index in [0.29, 0.717) is 11.4 Å². The van der Waals surface area contributed by atoms with Gasteiger partial charge in [-0.05, 0) is 61.3 Å². The summed E-state index contributed by atoms with van der Waals surface area (Å²) in [5.41, 5.74) is 1.75. The number of fused-ring (bicyclic) bond motifs is 1. The van der Waals surface area contributed by atoms with Gasteiger partial charge in [-0.15, -0.1) is 11.3 Å². The van der Waals surface area contributed by atoms with Crippen LogP contribution in [0.25, 0.3) is 21.2 Å². The molecule has 1 saturated heterocycles. The number of anilines is 2. The lowest BCUT2D eigenvalue weighted by atomic mass is 10.1. The number of carbonyl (C=O) groups is 1. The average molecular weight is 444 g/mol. The van der Waals surface area contributed by atoms with Crippen molar-refractivity contribution in [3.05, 3.63) is 71.4 Å². The van der Waals surface area contributed by atoms with Crippen LogP contribution in [0.5, 0.6) is 0 Å². The van der Waals surface area contributed by atoms with Crippen molar-refractivity contribution in [3.63, 3.8) is 0 Å². The highest BCUT2D eigenvalue weighted by Gasteiger charge is 2.17. The Morgan fingerprint density at radius 1 is 0.969 bits per heavy atom. The second-order valence-electron chi connectivity index (χ2n) is 8.19. The van der Waals surface area contributed by atoms with Crippen molar-refractivity contribution in [1.82, 2.24) is 14.9 Å². The van der Waals surface area contributed by atoms with Gasteiger partial charge in [-0.25, -0.2) is 9.97 Å². The largest absolute Gasteiger partial charge is 0.354 e. The molecule has 32 heavy (non-hydrogen) atoms. The van der Waals surface area contributed by atoms with Crippen LogP contribution in [0.4, 0.5) is 11.6 Å². The number of nitrogens with one attached hydrogen (secondary N) is 1. The van der Waals surface area contributed by atoms with Gasteiger partial charge in [0.05, 0.1) is 0 Å². The van der Waals surface area contributed by atoms with Crippen LogP contribution in [0.2, 0.25) is 0 Å². The second kappa shape index (κ2) is 8.68. The molecule has 7 heteroatoms. The number of thiophene rings is 1. The Balaban J connectivity index is 1.36. The molecule has 0 unspecified atom stereocenters. The summed E-state index contributed by atoms with van der Waals surface area (Å²) in [7, 11) is 2.12. The van der Waals surface area contributed by atoms with E-state index >= 15 is 0 Å². The van der Waals surface area contributed by atoms with Crippen molar-refractivity contribution in [2.75, 3.05) is 43.4 Å². The van der Waals surface area contributed by atoms with Gasteiger partial charge >= 0.3 is 0 Å². The summed E-state index contributed by atoms with van der Waals surface area (Å²) in [5, 5.41) is 5.04. The zero-order chi connectivity index (χ0) is 22.1. The van der Waals surface area contributed by atoms with Crippen LogP contribution in [-0.4, -0.2) is 54.0 Å². The average Bonchev–Trinajstić information content (AvgIpc) is 3.25. The minimum Gasteiger partial charge on any atom is -0.354 e. The summed E-state index contributed by atoms with van der Waals surface area (Å²) in [6, 6.07) is 16.1. The van der Waals surface area contributed by atoms with E-state index in [2.05, 4.69) is 69.4 Å². The molecule has 1 aliphatic heterocycles. The summed E-state index contributed by atoms with van der Waals surface area (Å²) in [6.45, 7) is 5.92. The Morgan fingerprint density at radius 2 is 1.81 bits per heavy atom. The molecule has 1 amide bonds. The zero-order valence-electron chi connectivity index (χ0n) is 18.2. The van der Waals surface area contributed by atoms with Gasteiger partial charge in [0.2, 0.25) is 0 Å². The molecule has 1 aliphatic rings. The van der Waals surface area contributed by atoms with Gasteiger partial charge in [0.25, 0.3) is 5.91 Å². The minimum atomic E-state index is -0.181. The van der Waals surface area contributed by atoms with Crippen molar-refractivity contribution < 1.29 is 4.79 Å². The van der Waals surface area contributed by atoms with E-state index in [1.165, 1.54) is 15.3 Å². The monoisotopic (exact) mass is 443 g/mol. The lowest BCUT2D eigenvalue weighted by Crippen LogP contribution is -2.44.